The van der Waals surface area contributed by atoms with Crippen LogP contribution in [-0.4, -0.2) is 11.5 Å². The van der Waals surface area contributed by atoms with Crippen molar-refractivity contribution in [1.82, 2.24) is 0 Å². The molecule has 0 bridgehead atoms. The molecule has 16 heavy (non-hydrogen) atoms. The number of halogens is 1. The van der Waals surface area contributed by atoms with Crippen LogP contribution in [0.15, 0.2) is 29.3 Å². The summed E-state index contributed by atoms with van der Waals surface area (Å²) in [6.45, 7) is 2.09. The lowest BCUT2D eigenvalue weighted by Crippen LogP contribution is -2.20. The maximum atomic E-state index is 11.4. The minimum atomic E-state index is 0.298. The molecule has 1 saturated carbocycles. The topological polar surface area (TPSA) is 29.4 Å². The summed E-state index contributed by atoms with van der Waals surface area (Å²) in [4.78, 5) is 15.9. The van der Waals surface area contributed by atoms with Crippen LogP contribution in [0, 0.1) is 5.92 Å². The molecule has 1 aromatic carbocycles. The van der Waals surface area contributed by atoms with Gasteiger partial charge in [-0.2, -0.15) is 0 Å². The molecule has 1 aliphatic rings. The second-order valence-corrected chi connectivity index (χ2v) is 4.82. The molecule has 1 unspecified atom stereocenters. The maximum absolute atomic E-state index is 11.4. The van der Waals surface area contributed by atoms with Crippen LogP contribution in [0.4, 0.5) is 5.69 Å². The summed E-state index contributed by atoms with van der Waals surface area (Å²) >= 11 is 5.80. The van der Waals surface area contributed by atoms with Crippen molar-refractivity contribution in [2.75, 3.05) is 0 Å². The Morgan fingerprint density at radius 1 is 1.25 bits per heavy atom. The zero-order valence-electron chi connectivity index (χ0n) is 9.24. The lowest BCUT2D eigenvalue weighted by atomic mass is 9.88. The molecule has 0 spiro atoms. The van der Waals surface area contributed by atoms with Gasteiger partial charge in [0.05, 0.1) is 5.69 Å². The van der Waals surface area contributed by atoms with Crippen molar-refractivity contribution in [3.05, 3.63) is 29.3 Å². The summed E-state index contributed by atoms with van der Waals surface area (Å²) in [5, 5.41) is 0.706. The van der Waals surface area contributed by atoms with E-state index in [1.54, 1.807) is 0 Å². The molecule has 1 fully saturated rings. The van der Waals surface area contributed by atoms with Gasteiger partial charge in [0.1, 0.15) is 5.78 Å². The van der Waals surface area contributed by atoms with Gasteiger partial charge in [0.2, 0.25) is 0 Å². The average Bonchev–Trinajstić information content (AvgIpc) is 2.20. The largest absolute Gasteiger partial charge is 0.299 e. The number of hydrogen-bond donors (Lipinski definition) is 0. The zero-order valence-corrected chi connectivity index (χ0v) is 10.00. The van der Waals surface area contributed by atoms with Gasteiger partial charge in [-0.1, -0.05) is 18.5 Å². The Morgan fingerprint density at radius 3 is 2.56 bits per heavy atom. The molecule has 2 nitrogen and oxygen atoms in total. The van der Waals surface area contributed by atoms with Crippen molar-refractivity contribution in [1.29, 1.82) is 0 Å². The molecule has 0 N–H and O–H groups in total. The van der Waals surface area contributed by atoms with E-state index in [9.17, 15) is 4.79 Å². The van der Waals surface area contributed by atoms with E-state index < -0.39 is 0 Å². The van der Waals surface area contributed by atoms with Crippen molar-refractivity contribution in [3.8, 4) is 0 Å². The van der Waals surface area contributed by atoms with E-state index in [1.807, 2.05) is 24.3 Å². The highest BCUT2D eigenvalue weighted by Crippen LogP contribution is 2.23. The monoisotopic (exact) mass is 235 g/mol. The summed E-state index contributed by atoms with van der Waals surface area (Å²) in [7, 11) is 0. The Hall–Kier alpha value is -1.15. The standard InChI is InChI=1S/C13H14ClNO/c1-9-6-12(8-13(16)7-9)15-11-4-2-10(14)3-5-11/h2-5,9H,6-8H2,1H3. The lowest BCUT2D eigenvalue weighted by Gasteiger charge is -2.18. The third-order valence-corrected chi connectivity index (χ3v) is 2.93. The summed E-state index contributed by atoms with van der Waals surface area (Å²) in [5.41, 5.74) is 1.87. The number of hydrogen-bond acceptors (Lipinski definition) is 2. The Balaban J connectivity index is 2.17. The highest BCUT2D eigenvalue weighted by atomic mass is 35.5. The van der Waals surface area contributed by atoms with Crippen LogP contribution < -0.4 is 0 Å². The van der Waals surface area contributed by atoms with Gasteiger partial charge in [0, 0.05) is 23.6 Å². The first-order valence-corrected chi connectivity index (χ1v) is 5.85. The van der Waals surface area contributed by atoms with Crippen molar-refractivity contribution in [2.45, 2.75) is 26.2 Å². The molecule has 2 rings (SSSR count). The number of carbonyl (C=O) groups is 1. The summed E-state index contributed by atoms with van der Waals surface area (Å²) in [5.74, 6) is 0.721. The van der Waals surface area contributed by atoms with E-state index in [4.69, 9.17) is 11.6 Å². The molecule has 84 valence electrons. The van der Waals surface area contributed by atoms with Crippen LogP contribution in [0.25, 0.3) is 0 Å². The van der Waals surface area contributed by atoms with Gasteiger partial charge in [-0.15, -0.1) is 0 Å². The second kappa shape index (κ2) is 4.79. The second-order valence-electron chi connectivity index (χ2n) is 4.38. The molecule has 0 aromatic heterocycles. The Morgan fingerprint density at radius 2 is 1.94 bits per heavy atom. The van der Waals surface area contributed by atoms with E-state index in [-0.39, 0.29) is 0 Å². The summed E-state index contributed by atoms with van der Waals surface area (Å²) < 4.78 is 0. The predicted molar refractivity (Wildman–Crippen MR) is 66.6 cm³/mol. The number of rotatable bonds is 1. The lowest BCUT2D eigenvalue weighted by molar-refractivity contribution is -0.119. The van der Waals surface area contributed by atoms with E-state index in [2.05, 4.69) is 11.9 Å². The number of benzene rings is 1. The van der Waals surface area contributed by atoms with Crippen LogP contribution >= 0.6 is 11.6 Å². The van der Waals surface area contributed by atoms with Crippen LogP contribution in [0.1, 0.15) is 26.2 Å². The van der Waals surface area contributed by atoms with Crippen LogP contribution in [-0.2, 0) is 4.79 Å². The molecule has 0 heterocycles. The summed E-state index contributed by atoms with van der Waals surface area (Å²) in [6.07, 6.45) is 2.13. The molecule has 0 aliphatic heterocycles. The maximum Gasteiger partial charge on any atom is 0.138 e. The van der Waals surface area contributed by atoms with Crippen molar-refractivity contribution in [2.24, 2.45) is 10.9 Å². The van der Waals surface area contributed by atoms with Gasteiger partial charge < -0.3 is 0 Å². The van der Waals surface area contributed by atoms with Gasteiger partial charge in [0.15, 0.2) is 0 Å². The van der Waals surface area contributed by atoms with Gasteiger partial charge >= 0.3 is 0 Å². The first kappa shape index (κ1) is 11.3. The molecule has 1 aliphatic carbocycles. The fourth-order valence-corrected chi connectivity index (χ4v) is 2.14. The molecule has 3 heteroatoms. The first-order chi connectivity index (χ1) is 7.63. The Labute approximate surface area is 100 Å². The smallest absolute Gasteiger partial charge is 0.138 e. The third kappa shape index (κ3) is 2.92. The normalized spacial score (nSPS) is 23.8. The Bertz CT molecular complexity index is 422. The first-order valence-electron chi connectivity index (χ1n) is 5.47. The fourth-order valence-electron chi connectivity index (χ4n) is 2.02. The molecular formula is C13H14ClNO. The SMILES string of the molecule is CC1CC(=O)CC(=Nc2ccc(Cl)cc2)C1. The molecule has 0 amide bonds. The van der Waals surface area contributed by atoms with Crippen molar-refractivity contribution >= 4 is 28.8 Å². The number of ketones is 1. The van der Waals surface area contributed by atoms with E-state index in [1.165, 1.54) is 0 Å². The molecule has 1 aromatic rings. The number of Topliss-reactive ketones (excluding diaryl/α,β-unsaturated/α-hetero) is 1. The highest BCUT2D eigenvalue weighted by molar-refractivity contribution is 6.30. The van der Waals surface area contributed by atoms with E-state index in [0.717, 1.165) is 17.8 Å². The minimum absolute atomic E-state index is 0.298. The van der Waals surface area contributed by atoms with Crippen LogP contribution in [0.3, 0.4) is 0 Å². The molecule has 0 radical (unpaired) electrons. The van der Waals surface area contributed by atoms with Gasteiger partial charge in [-0.3, -0.25) is 9.79 Å². The van der Waals surface area contributed by atoms with Crippen LogP contribution in [0.5, 0.6) is 0 Å². The molecule has 1 atom stereocenters. The van der Waals surface area contributed by atoms with Gasteiger partial charge in [0.25, 0.3) is 0 Å². The zero-order chi connectivity index (χ0) is 11.5. The van der Waals surface area contributed by atoms with Crippen molar-refractivity contribution < 1.29 is 4.79 Å². The average molecular weight is 236 g/mol. The highest BCUT2D eigenvalue weighted by Gasteiger charge is 2.20. The molecule has 0 saturated heterocycles. The number of nitrogens with zero attached hydrogens (tertiary/aromatic N) is 1. The van der Waals surface area contributed by atoms with Gasteiger partial charge in [-0.25, -0.2) is 0 Å². The van der Waals surface area contributed by atoms with Gasteiger partial charge in [-0.05, 0) is 36.6 Å². The number of carbonyl (C=O) groups excluding carboxylic acids is 1. The molecular weight excluding hydrogens is 222 g/mol. The van der Waals surface area contributed by atoms with Crippen LogP contribution in [0.2, 0.25) is 5.02 Å². The predicted octanol–water partition coefficient (Wildman–Crippen LogP) is 3.80. The van der Waals surface area contributed by atoms with E-state index in [0.29, 0.717) is 29.6 Å². The Kier molecular flexibility index (Phi) is 3.39. The van der Waals surface area contributed by atoms with Crippen molar-refractivity contribution in [3.63, 3.8) is 0 Å². The van der Waals surface area contributed by atoms with E-state index >= 15 is 0 Å². The summed E-state index contributed by atoms with van der Waals surface area (Å²) in [6, 6.07) is 7.38. The number of aliphatic imine (C=N–C) groups is 1. The minimum Gasteiger partial charge on any atom is -0.299 e. The fraction of sp³-hybridized carbons (Fsp3) is 0.385. The third-order valence-electron chi connectivity index (χ3n) is 2.68. The quantitative estimate of drug-likeness (QED) is 0.728.